The van der Waals surface area contributed by atoms with Crippen LogP contribution in [0.3, 0.4) is 0 Å². The Labute approximate surface area is 239 Å². The predicted molar refractivity (Wildman–Crippen MR) is 166 cm³/mol. The molecule has 2 aromatic carbocycles. The summed E-state index contributed by atoms with van der Waals surface area (Å²) in [5, 5.41) is 13.5. The van der Waals surface area contributed by atoms with Crippen LogP contribution in [0, 0.1) is 11.8 Å². The molecule has 0 bridgehead atoms. The third kappa shape index (κ3) is 6.44. The van der Waals surface area contributed by atoms with Crippen LogP contribution < -0.4 is 10.4 Å². The van der Waals surface area contributed by atoms with Crippen LogP contribution in [0.25, 0.3) is 0 Å². The van der Waals surface area contributed by atoms with E-state index in [4.69, 9.17) is 9.16 Å². The highest BCUT2D eigenvalue weighted by Gasteiger charge is 2.54. The van der Waals surface area contributed by atoms with Crippen LogP contribution in [0.1, 0.15) is 48.0 Å². The number of aliphatic hydroxyl groups is 1. The first-order valence-corrected chi connectivity index (χ1v) is 17.4. The maximum atomic E-state index is 12.5. The van der Waals surface area contributed by atoms with Crippen LogP contribution in [0.5, 0.6) is 0 Å². The molecule has 0 amide bonds. The third-order valence-electron chi connectivity index (χ3n) is 7.63. The first-order valence-electron chi connectivity index (χ1n) is 13.5. The van der Waals surface area contributed by atoms with Crippen molar-refractivity contribution in [3.8, 4) is 0 Å². The number of benzene rings is 2. The van der Waals surface area contributed by atoms with Gasteiger partial charge in [0.2, 0.25) is 0 Å². The molecule has 208 valence electrons. The van der Waals surface area contributed by atoms with Gasteiger partial charge in [-0.15, -0.1) is 30.1 Å². The molecule has 1 aliphatic heterocycles. The van der Waals surface area contributed by atoms with Gasteiger partial charge in [0.05, 0.1) is 12.7 Å². The SMILES string of the molecule is C=C[C@@H](C)[C@@H](O)[C@H](C)C1(C(CO[Si](c2ccccc2)(c2ccccc2)C(C)(C)C)OC(C)=O)SCCCS1. The molecular formula is C31H44O4S2Si. The smallest absolute Gasteiger partial charge is 0.303 e. The summed E-state index contributed by atoms with van der Waals surface area (Å²) in [5.41, 5.74) is 0. The van der Waals surface area contributed by atoms with Gasteiger partial charge in [-0.25, -0.2) is 0 Å². The summed E-state index contributed by atoms with van der Waals surface area (Å²) >= 11 is 3.60. The van der Waals surface area contributed by atoms with Crippen molar-refractivity contribution < 1.29 is 19.1 Å². The highest BCUT2D eigenvalue weighted by Crippen LogP contribution is 2.53. The molecule has 0 radical (unpaired) electrons. The molecule has 4 nitrogen and oxygen atoms in total. The summed E-state index contributed by atoms with van der Waals surface area (Å²) in [6, 6.07) is 21.0. The van der Waals surface area contributed by atoms with Crippen LogP contribution in [-0.4, -0.2) is 53.8 Å². The highest BCUT2D eigenvalue weighted by atomic mass is 32.2. The Hall–Kier alpha value is -1.51. The first kappa shape index (κ1) is 31.0. The zero-order valence-corrected chi connectivity index (χ0v) is 26.3. The number of carbonyl (C=O) groups is 1. The lowest BCUT2D eigenvalue weighted by Gasteiger charge is -2.49. The van der Waals surface area contributed by atoms with E-state index in [-0.39, 0.29) is 29.5 Å². The van der Waals surface area contributed by atoms with E-state index in [1.165, 1.54) is 17.3 Å². The Morgan fingerprint density at radius 1 is 1.05 bits per heavy atom. The molecule has 0 saturated carbocycles. The van der Waals surface area contributed by atoms with E-state index in [2.05, 4.69) is 82.8 Å². The zero-order valence-electron chi connectivity index (χ0n) is 23.7. The van der Waals surface area contributed by atoms with Gasteiger partial charge in [0.15, 0.2) is 0 Å². The van der Waals surface area contributed by atoms with Gasteiger partial charge in [0.25, 0.3) is 8.32 Å². The lowest BCUT2D eigenvalue weighted by molar-refractivity contribution is -0.149. The molecule has 38 heavy (non-hydrogen) atoms. The van der Waals surface area contributed by atoms with Crippen molar-refractivity contribution in [2.75, 3.05) is 18.1 Å². The topological polar surface area (TPSA) is 55.8 Å². The van der Waals surface area contributed by atoms with Crippen molar-refractivity contribution in [3.05, 3.63) is 73.3 Å². The lowest BCUT2D eigenvalue weighted by atomic mass is 9.88. The van der Waals surface area contributed by atoms with Gasteiger partial charge < -0.3 is 14.3 Å². The molecule has 4 atom stereocenters. The second kappa shape index (κ2) is 13.2. The number of thioether (sulfide) groups is 2. The molecule has 1 heterocycles. The number of aliphatic hydroxyl groups excluding tert-OH is 1. The van der Waals surface area contributed by atoms with Crippen molar-refractivity contribution in [2.24, 2.45) is 11.8 Å². The number of esters is 1. The molecular weight excluding hydrogens is 529 g/mol. The fourth-order valence-corrected chi connectivity index (χ4v) is 13.7. The molecule has 2 aromatic rings. The van der Waals surface area contributed by atoms with Crippen LogP contribution in [0.4, 0.5) is 0 Å². The lowest BCUT2D eigenvalue weighted by Crippen LogP contribution is -2.68. The number of carbonyl (C=O) groups excluding carboxylic acids is 1. The summed E-state index contributed by atoms with van der Waals surface area (Å²) in [4.78, 5) is 12.5. The van der Waals surface area contributed by atoms with Crippen LogP contribution in [0.2, 0.25) is 5.04 Å². The highest BCUT2D eigenvalue weighted by molar-refractivity contribution is 8.18. The minimum Gasteiger partial charge on any atom is -0.458 e. The average Bonchev–Trinajstić information content (AvgIpc) is 2.92. The molecule has 0 aromatic heterocycles. The van der Waals surface area contributed by atoms with E-state index in [0.29, 0.717) is 0 Å². The Morgan fingerprint density at radius 2 is 1.55 bits per heavy atom. The third-order valence-corrected chi connectivity index (χ3v) is 16.5. The number of hydrogen-bond acceptors (Lipinski definition) is 6. The average molecular weight is 573 g/mol. The molecule has 1 unspecified atom stereocenters. The molecule has 0 aliphatic carbocycles. The Morgan fingerprint density at radius 3 is 1.97 bits per heavy atom. The quantitative estimate of drug-likeness (QED) is 0.206. The van der Waals surface area contributed by atoms with E-state index in [0.717, 1.165) is 17.9 Å². The maximum absolute atomic E-state index is 12.5. The van der Waals surface area contributed by atoms with Crippen LogP contribution >= 0.6 is 23.5 Å². The maximum Gasteiger partial charge on any atom is 0.303 e. The zero-order chi connectivity index (χ0) is 28.0. The van der Waals surface area contributed by atoms with E-state index in [9.17, 15) is 9.90 Å². The van der Waals surface area contributed by atoms with Gasteiger partial charge >= 0.3 is 5.97 Å². The second-order valence-electron chi connectivity index (χ2n) is 11.2. The molecule has 1 saturated heterocycles. The Balaban J connectivity index is 2.12. The van der Waals surface area contributed by atoms with Gasteiger partial charge in [0, 0.05) is 18.8 Å². The molecule has 3 rings (SSSR count). The normalized spacial score (nSPS) is 19.1. The molecule has 0 spiro atoms. The number of ether oxygens (including phenoxy) is 1. The van der Waals surface area contributed by atoms with E-state index in [1.807, 2.05) is 19.1 Å². The molecule has 7 heteroatoms. The van der Waals surface area contributed by atoms with Crippen LogP contribution in [-0.2, 0) is 14.0 Å². The van der Waals surface area contributed by atoms with Gasteiger partial charge in [-0.2, -0.15) is 0 Å². The fraction of sp³-hybridized carbons (Fsp3) is 0.516. The van der Waals surface area contributed by atoms with E-state index < -0.39 is 24.6 Å². The summed E-state index contributed by atoms with van der Waals surface area (Å²) < 4.78 is 12.9. The number of rotatable bonds is 11. The van der Waals surface area contributed by atoms with Gasteiger partial charge in [0.1, 0.15) is 10.2 Å². The molecule has 1 aliphatic rings. The Kier molecular flexibility index (Phi) is 10.8. The van der Waals surface area contributed by atoms with Gasteiger partial charge in [-0.3, -0.25) is 4.79 Å². The summed E-state index contributed by atoms with van der Waals surface area (Å²) in [6.45, 7) is 16.4. The Bertz CT molecular complexity index is 995. The van der Waals surface area contributed by atoms with E-state index in [1.54, 1.807) is 29.6 Å². The minimum atomic E-state index is -2.84. The summed E-state index contributed by atoms with van der Waals surface area (Å²) in [6.07, 6.45) is 1.74. The van der Waals surface area contributed by atoms with Crippen molar-refractivity contribution in [2.45, 2.75) is 69.3 Å². The fourth-order valence-electron chi connectivity index (χ4n) is 5.53. The molecule has 1 fully saturated rings. The predicted octanol–water partition coefficient (Wildman–Crippen LogP) is 5.88. The van der Waals surface area contributed by atoms with Gasteiger partial charge in [-0.05, 0) is 33.3 Å². The molecule has 1 N–H and O–H groups in total. The second-order valence-corrected chi connectivity index (χ2v) is 18.5. The summed E-state index contributed by atoms with van der Waals surface area (Å²) in [5.74, 6) is 1.33. The largest absolute Gasteiger partial charge is 0.458 e. The van der Waals surface area contributed by atoms with Crippen molar-refractivity contribution in [3.63, 3.8) is 0 Å². The standard InChI is InChI=1S/C31H44O4S2Si/c1-8-23(2)29(33)24(3)31(36-20-15-21-37-31)28(35-25(4)32)22-34-38(30(5,6)7,26-16-11-9-12-17-26)27-18-13-10-14-19-27/h8-14,16-19,23-24,28-29,33H,1,15,20-22H2,2-7H3/t23-,24+,28?,29-/m1/s1. The minimum absolute atomic E-state index is 0.0828. The van der Waals surface area contributed by atoms with Crippen molar-refractivity contribution >= 4 is 48.2 Å². The van der Waals surface area contributed by atoms with E-state index >= 15 is 0 Å². The monoisotopic (exact) mass is 572 g/mol. The number of hydrogen-bond donors (Lipinski definition) is 1. The van der Waals surface area contributed by atoms with Crippen molar-refractivity contribution in [1.82, 2.24) is 0 Å². The summed E-state index contributed by atoms with van der Waals surface area (Å²) in [7, 11) is -2.84. The van der Waals surface area contributed by atoms with Gasteiger partial charge in [-0.1, -0.05) is 101 Å². The van der Waals surface area contributed by atoms with Crippen LogP contribution in [0.15, 0.2) is 73.3 Å². The van der Waals surface area contributed by atoms with Crippen molar-refractivity contribution in [1.29, 1.82) is 0 Å². The first-order chi connectivity index (χ1) is 18.0.